The normalized spacial score (nSPS) is 12.0. The highest BCUT2D eigenvalue weighted by Gasteiger charge is 2.34. The molecule has 0 fully saturated rings. The van der Waals surface area contributed by atoms with E-state index < -0.39 is 29.6 Å². The van der Waals surface area contributed by atoms with E-state index >= 15 is 0 Å². The maximum Gasteiger partial charge on any atom is 0.418 e. The first-order chi connectivity index (χ1) is 10.8. The second-order valence-electron chi connectivity index (χ2n) is 4.75. The van der Waals surface area contributed by atoms with E-state index in [1.807, 2.05) is 4.98 Å². The average molecular weight is 326 g/mol. The van der Waals surface area contributed by atoms with Crippen molar-refractivity contribution in [2.45, 2.75) is 12.8 Å². The molecule has 3 N–H and O–H groups in total. The van der Waals surface area contributed by atoms with Gasteiger partial charge in [-0.3, -0.25) is 9.78 Å². The Kier molecular flexibility index (Phi) is 3.33. The van der Waals surface area contributed by atoms with Crippen molar-refractivity contribution in [3.05, 3.63) is 56.8 Å². The fraction of sp³-hybridized carbons (Fsp3) is 0.154. The minimum Gasteiger partial charge on any atom is -0.390 e. The Morgan fingerprint density at radius 1 is 1.22 bits per heavy atom. The lowest BCUT2D eigenvalue weighted by Gasteiger charge is -2.14. The number of imidazole rings is 1. The molecule has 0 saturated carbocycles. The average Bonchev–Trinajstić information content (AvgIpc) is 2.94. The van der Waals surface area contributed by atoms with E-state index in [9.17, 15) is 22.8 Å². The molecule has 2 heterocycles. The zero-order valence-corrected chi connectivity index (χ0v) is 11.3. The Bertz CT molecular complexity index is 1000. The molecule has 3 aromatic rings. The number of alkyl halides is 3. The molecular formula is C13H9F3N4O3. The highest BCUT2D eigenvalue weighted by atomic mass is 19.4. The molecule has 0 bridgehead atoms. The highest BCUT2D eigenvalue weighted by Crippen LogP contribution is 2.35. The monoisotopic (exact) mass is 326 g/mol. The molecule has 7 nitrogen and oxygen atoms in total. The van der Waals surface area contributed by atoms with Crippen LogP contribution in [0.3, 0.4) is 0 Å². The van der Waals surface area contributed by atoms with E-state index in [-0.39, 0.29) is 22.3 Å². The smallest absolute Gasteiger partial charge is 0.390 e. The number of fused-ring (bicyclic) bond motifs is 1. The minimum atomic E-state index is -4.72. The molecule has 0 aliphatic heterocycles. The predicted octanol–water partition coefficient (Wildman–Crippen LogP) is 0.913. The van der Waals surface area contributed by atoms with E-state index in [0.29, 0.717) is 6.07 Å². The SMILES string of the molecule is O=c1[nH]c(=O)c2cc(-n3cnc(CO)c3)c(C(F)(F)F)cc2[nH]1. The molecule has 0 unspecified atom stereocenters. The summed E-state index contributed by atoms with van der Waals surface area (Å²) in [4.78, 5) is 30.9. The lowest BCUT2D eigenvalue weighted by molar-refractivity contribution is -0.137. The van der Waals surface area contributed by atoms with Crippen molar-refractivity contribution in [2.24, 2.45) is 0 Å². The number of benzene rings is 1. The first-order valence-electron chi connectivity index (χ1n) is 6.31. The summed E-state index contributed by atoms with van der Waals surface area (Å²) in [6.45, 7) is -0.435. The number of rotatable bonds is 2. The van der Waals surface area contributed by atoms with Gasteiger partial charge in [0.1, 0.15) is 0 Å². The van der Waals surface area contributed by atoms with E-state index in [4.69, 9.17) is 5.11 Å². The molecular weight excluding hydrogens is 317 g/mol. The van der Waals surface area contributed by atoms with E-state index in [0.717, 1.165) is 17.0 Å². The Balaban J connectivity index is 2.38. The van der Waals surface area contributed by atoms with E-state index in [2.05, 4.69) is 9.97 Å². The largest absolute Gasteiger partial charge is 0.418 e. The summed E-state index contributed by atoms with van der Waals surface area (Å²) in [5.74, 6) is 0. The Morgan fingerprint density at radius 3 is 2.57 bits per heavy atom. The minimum absolute atomic E-state index is 0.105. The van der Waals surface area contributed by atoms with Gasteiger partial charge in [0.2, 0.25) is 0 Å². The van der Waals surface area contributed by atoms with Gasteiger partial charge in [-0.1, -0.05) is 0 Å². The van der Waals surface area contributed by atoms with Crippen molar-refractivity contribution in [3.8, 4) is 5.69 Å². The molecule has 0 aliphatic rings. The first kappa shape index (κ1) is 15.0. The van der Waals surface area contributed by atoms with Crippen molar-refractivity contribution >= 4 is 10.9 Å². The van der Waals surface area contributed by atoms with Crippen molar-refractivity contribution < 1.29 is 18.3 Å². The zero-order chi connectivity index (χ0) is 16.8. The summed E-state index contributed by atoms with van der Waals surface area (Å²) in [7, 11) is 0. The molecule has 0 atom stereocenters. The van der Waals surface area contributed by atoms with Crippen LogP contribution in [0.1, 0.15) is 11.3 Å². The zero-order valence-electron chi connectivity index (χ0n) is 11.3. The number of halogens is 3. The number of aliphatic hydroxyl groups is 1. The number of aromatic nitrogens is 4. The summed E-state index contributed by atoms with van der Waals surface area (Å²) < 4.78 is 40.9. The summed E-state index contributed by atoms with van der Waals surface area (Å²) in [6, 6.07) is 1.70. The molecule has 23 heavy (non-hydrogen) atoms. The van der Waals surface area contributed by atoms with Crippen LogP contribution in [-0.2, 0) is 12.8 Å². The molecule has 120 valence electrons. The lowest BCUT2D eigenvalue weighted by Crippen LogP contribution is -2.23. The third kappa shape index (κ3) is 2.63. The van der Waals surface area contributed by atoms with Crippen LogP contribution in [-0.4, -0.2) is 24.6 Å². The molecule has 1 aromatic carbocycles. The van der Waals surface area contributed by atoms with Gasteiger partial charge in [-0.15, -0.1) is 0 Å². The standard InChI is InChI=1S/C13H9F3N4O3/c14-13(15,16)8-2-9-7(11(22)19-12(23)18-9)1-10(8)20-3-6(4-21)17-5-20/h1-3,5,21H,4H2,(H2,18,19,22,23). The first-order valence-corrected chi connectivity index (χ1v) is 6.31. The number of aromatic amines is 2. The molecule has 3 rings (SSSR count). The van der Waals surface area contributed by atoms with Crippen LogP contribution in [0.2, 0.25) is 0 Å². The van der Waals surface area contributed by atoms with Gasteiger partial charge >= 0.3 is 11.9 Å². The molecule has 0 saturated heterocycles. The Hall–Kier alpha value is -2.88. The molecule has 0 amide bonds. The van der Waals surface area contributed by atoms with Crippen LogP contribution in [0.5, 0.6) is 0 Å². The van der Waals surface area contributed by atoms with Gasteiger partial charge in [-0.05, 0) is 12.1 Å². The fourth-order valence-corrected chi connectivity index (χ4v) is 2.22. The molecule has 0 spiro atoms. The molecule has 0 aliphatic carbocycles. The van der Waals surface area contributed by atoms with Crippen LogP contribution in [0.15, 0.2) is 34.2 Å². The summed E-state index contributed by atoms with van der Waals surface area (Å²) in [5.41, 5.74) is -3.14. The summed E-state index contributed by atoms with van der Waals surface area (Å²) in [5, 5.41) is 8.88. The topological polar surface area (TPSA) is 104 Å². The van der Waals surface area contributed by atoms with Gasteiger partial charge in [0.25, 0.3) is 5.56 Å². The number of hydrogen-bond donors (Lipinski definition) is 3. The lowest BCUT2D eigenvalue weighted by atomic mass is 10.1. The number of H-pyrrole nitrogens is 2. The van der Waals surface area contributed by atoms with E-state index in [1.54, 1.807) is 0 Å². The second kappa shape index (κ2) is 5.09. The Morgan fingerprint density at radius 2 is 1.96 bits per heavy atom. The van der Waals surface area contributed by atoms with Crippen LogP contribution < -0.4 is 11.2 Å². The van der Waals surface area contributed by atoms with Crippen molar-refractivity contribution in [1.82, 2.24) is 19.5 Å². The maximum absolute atomic E-state index is 13.3. The summed E-state index contributed by atoms with van der Waals surface area (Å²) in [6.07, 6.45) is -2.40. The van der Waals surface area contributed by atoms with Gasteiger partial charge in [0.15, 0.2) is 0 Å². The number of nitrogens with one attached hydrogen (secondary N) is 2. The molecule has 2 aromatic heterocycles. The third-order valence-electron chi connectivity index (χ3n) is 3.24. The van der Waals surface area contributed by atoms with Crippen LogP contribution >= 0.6 is 0 Å². The predicted molar refractivity (Wildman–Crippen MR) is 73.2 cm³/mol. The Labute approximate surface area is 125 Å². The maximum atomic E-state index is 13.3. The van der Waals surface area contributed by atoms with Gasteiger partial charge in [0.05, 0.1) is 40.8 Å². The van der Waals surface area contributed by atoms with Crippen molar-refractivity contribution in [3.63, 3.8) is 0 Å². The van der Waals surface area contributed by atoms with Crippen molar-refractivity contribution in [2.75, 3.05) is 0 Å². The van der Waals surface area contributed by atoms with Crippen LogP contribution in [0, 0.1) is 0 Å². The van der Waals surface area contributed by atoms with E-state index in [1.165, 1.54) is 6.20 Å². The summed E-state index contributed by atoms with van der Waals surface area (Å²) >= 11 is 0. The van der Waals surface area contributed by atoms with Gasteiger partial charge < -0.3 is 14.7 Å². The van der Waals surface area contributed by atoms with Crippen LogP contribution in [0.25, 0.3) is 16.6 Å². The highest BCUT2D eigenvalue weighted by molar-refractivity contribution is 5.81. The molecule has 0 radical (unpaired) electrons. The number of aliphatic hydroxyl groups excluding tert-OH is 1. The molecule has 10 heteroatoms. The second-order valence-corrected chi connectivity index (χ2v) is 4.75. The third-order valence-corrected chi connectivity index (χ3v) is 3.24. The quantitative estimate of drug-likeness (QED) is 0.651. The van der Waals surface area contributed by atoms with Gasteiger partial charge in [0, 0.05) is 6.20 Å². The van der Waals surface area contributed by atoms with Gasteiger partial charge in [-0.2, -0.15) is 13.2 Å². The number of hydrogen-bond acceptors (Lipinski definition) is 4. The van der Waals surface area contributed by atoms with Crippen molar-refractivity contribution in [1.29, 1.82) is 0 Å². The van der Waals surface area contributed by atoms with Gasteiger partial charge in [-0.25, -0.2) is 9.78 Å². The van der Waals surface area contributed by atoms with Crippen LogP contribution in [0.4, 0.5) is 13.2 Å². The fourth-order valence-electron chi connectivity index (χ4n) is 2.22. The number of nitrogens with zero attached hydrogens (tertiary/aromatic N) is 2.